The third-order valence-electron chi connectivity index (χ3n) is 3.59. The molecule has 1 aliphatic rings. The molecular formula is C12H22O5. The molecule has 0 amide bonds. The van der Waals surface area contributed by atoms with Crippen LogP contribution in [0.3, 0.4) is 0 Å². The maximum atomic E-state index is 11.7. The number of esters is 1. The Balaban J connectivity index is 2.82. The topological polar surface area (TPSA) is 76.0 Å². The summed E-state index contributed by atoms with van der Waals surface area (Å²) in [5.74, 6) is -0.883. The molecule has 3 unspecified atom stereocenters. The molecule has 1 aliphatic carbocycles. The van der Waals surface area contributed by atoms with Gasteiger partial charge in [0.1, 0.15) is 6.10 Å². The summed E-state index contributed by atoms with van der Waals surface area (Å²) < 4.78 is 4.98. The predicted molar refractivity (Wildman–Crippen MR) is 61.2 cm³/mol. The zero-order chi connectivity index (χ0) is 13.4. The molecule has 5 nitrogen and oxygen atoms in total. The van der Waals surface area contributed by atoms with Crippen molar-refractivity contribution < 1.29 is 24.8 Å². The molecule has 0 saturated heterocycles. The molecule has 2 N–H and O–H groups in total. The molecular weight excluding hydrogens is 224 g/mol. The van der Waals surface area contributed by atoms with E-state index in [1.807, 2.05) is 13.8 Å². The minimum absolute atomic E-state index is 0.244. The van der Waals surface area contributed by atoms with Crippen LogP contribution in [0.25, 0.3) is 0 Å². The fraction of sp³-hybridized carbons (Fsp3) is 0.917. The van der Waals surface area contributed by atoms with Gasteiger partial charge in [-0.25, -0.2) is 4.89 Å². The first-order chi connectivity index (χ1) is 7.67. The lowest BCUT2D eigenvalue weighted by Crippen LogP contribution is -2.40. The molecule has 100 valence electrons. The minimum atomic E-state index is -1.21. The summed E-state index contributed by atoms with van der Waals surface area (Å²) in [4.78, 5) is 16.1. The first-order valence-corrected chi connectivity index (χ1v) is 5.87. The maximum absolute atomic E-state index is 11.7. The van der Waals surface area contributed by atoms with Crippen LogP contribution in [0, 0.1) is 17.3 Å². The van der Waals surface area contributed by atoms with Gasteiger partial charge in [0.2, 0.25) is 0 Å². The van der Waals surface area contributed by atoms with Gasteiger partial charge in [0.05, 0.1) is 18.1 Å². The number of carbonyl (C=O) groups is 1. The predicted octanol–water partition coefficient (Wildman–Crippen LogP) is 1.45. The van der Waals surface area contributed by atoms with Crippen molar-refractivity contribution in [3.8, 4) is 0 Å². The van der Waals surface area contributed by atoms with Gasteiger partial charge in [-0.2, -0.15) is 0 Å². The third kappa shape index (κ3) is 2.61. The minimum Gasteiger partial charge on any atom is -0.466 e. The van der Waals surface area contributed by atoms with Crippen LogP contribution in [0.2, 0.25) is 0 Å². The molecule has 5 heteroatoms. The summed E-state index contributed by atoms with van der Waals surface area (Å²) in [6.45, 7) is 8.96. The van der Waals surface area contributed by atoms with Gasteiger partial charge in [-0.05, 0) is 26.2 Å². The lowest BCUT2D eigenvalue weighted by atomic mass is 9.93. The molecule has 0 aliphatic heterocycles. The van der Waals surface area contributed by atoms with Gasteiger partial charge >= 0.3 is 5.97 Å². The molecule has 1 rings (SSSR count). The molecule has 0 bridgehead atoms. The van der Waals surface area contributed by atoms with E-state index in [4.69, 9.17) is 9.99 Å². The normalized spacial score (nSPS) is 28.6. The highest BCUT2D eigenvalue weighted by Crippen LogP contribution is 2.62. The summed E-state index contributed by atoms with van der Waals surface area (Å²) in [6.07, 6.45) is -0.799. The Bertz CT molecular complexity index is 292. The van der Waals surface area contributed by atoms with Crippen LogP contribution >= 0.6 is 0 Å². The van der Waals surface area contributed by atoms with Gasteiger partial charge in [-0.15, -0.1) is 0 Å². The van der Waals surface area contributed by atoms with Crippen molar-refractivity contribution in [3.63, 3.8) is 0 Å². The van der Waals surface area contributed by atoms with Crippen LogP contribution in [0.15, 0.2) is 0 Å². The Morgan fingerprint density at radius 2 is 2.00 bits per heavy atom. The van der Waals surface area contributed by atoms with E-state index in [2.05, 4.69) is 4.89 Å². The summed E-state index contributed by atoms with van der Waals surface area (Å²) in [5, 5.41) is 18.8. The zero-order valence-electron chi connectivity index (χ0n) is 11.1. The van der Waals surface area contributed by atoms with Crippen LogP contribution in [-0.2, 0) is 14.4 Å². The van der Waals surface area contributed by atoms with Crippen LogP contribution in [0.4, 0.5) is 0 Å². The van der Waals surface area contributed by atoms with E-state index >= 15 is 0 Å². The quantitative estimate of drug-likeness (QED) is 0.436. The summed E-state index contributed by atoms with van der Waals surface area (Å²) in [7, 11) is 0. The number of hydrogen-bond donors (Lipinski definition) is 2. The van der Waals surface area contributed by atoms with Gasteiger partial charge in [-0.1, -0.05) is 13.8 Å². The van der Waals surface area contributed by atoms with E-state index in [-0.39, 0.29) is 23.2 Å². The van der Waals surface area contributed by atoms with E-state index in [1.165, 1.54) is 0 Å². The van der Waals surface area contributed by atoms with Crippen molar-refractivity contribution in [2.24, 2.45) is 17.3 Å². The number of rotatable bonds is 5. The highest BCUT2D eigenvalue weighted by molar-refractivity contribution is 5.77. The van der Waals surface area contributed by atoms with Crippen molar-refractivity contribution in [2.75, 3.05) is 6.61 Å². The number of ether oxygens (including phenoxy) is 1. The van der Waals surface area contributed by atoms with Gasteiger partial charge in [0, 0.05) is 5.92 Å². The zero-order valence-corrected chi connectivity index (χ0v) is 11.1. The van der Waals surface area contributed by atoms with Gasteiger partial charge < -0.3 is 9.84 Å². The molecule has 0 heterocycles. The molecule has 0 aromatic carbocycles. The summed E-state index contributed by atoms with van der Waals surface area (Å²) in [6, 6.07) is 0. The Morgan fingerprint density at radius 1 is 1.47 bits per heavy atom. The van der Waals surface area contributed by atoms with Crippen molar-refractivity contribution in [3.05, 3.63) is 0 Å². The number of hydrogen-bond acceptors (Lipinski definition) is 5. The van der Waals surface area contributed by atoms with Gasteiger partial charge in [0.15, 0.2) is 0 Å². The lowest BCUT2D eigenvalue weighted by Gasteiger charge is -2.27. The van der Waals surface area contributed by atoms with Crippen molar-refractivity contribution >= 4 is 5.97 Å². The average molecular weight is 246 g/mol. The second-order valence-electron chi connectivity index (χ2n) is 5.76. The SMILES string of the molecule is CCOC(=O)C1C(C(OO)C(C)(C)O)C1(C)C. The molecule has 1 fully saturated rings. The van der Waals surface area contributed by atoms with E-state index in [0.717, 1.165) is 0 Å². The van der Waals surface area contributed by atoms with Crippen LogP contribution in [0.1, 0.15) is 34.6 Å². The average Bonchev–Trinajstić information content (AvgIpc) is 2.68. The molecule has 3 atom stereocenters. The van der Waals surface area contributed by atoms with Crippen molar-refractivity contribution in [2.45, 2.75) is 46.3 Å². The van der Waals surface area contributed by atoms with Crippen molar-refractivity contribution in [1.82, 2.24) is 0 Å². The smallest absolute Gasteiger partial charge is 0.309 e. The summed E-state index contributed by atoms with van der Waals surface area (Å²) in [5.41, 5.74) is -1.54. The van der Waals surface area contributed by atoms with E-state index < -0.39 is 11.7 Å². The molecule has 0 aromatic heterocycles. The Labute approximate surface area is 102 Å². The highest BCUT2D eigenvalue weighted by atomic mass is 17.1. The fourth-order valence-corrected chi connectivity index (χ4v) is 2.56. The highest BCUT2D eigenvalue weighted by Gasteiger charge is 2.68. The van der Waals surface area contributed by atoms with E-state index in [0.29, 0.717) is 6.61 Å². The molecule has 17 heavy (non-hydrogen) atoms. The Morgan fingerprint density at radius 3 is 2.35 bits per heavy atom. The molecule has 0 radical (unpaired) electrons. The van der Waals surface area contributed by atoms with Gasteiger partial charge in [-0.3, -0.25) is 10.1 Å². The maximum Gasteiger partial charge on any atom is 0.309 e. The van der Waals surface area contributed by atoms with E-state index in [1.54, 1.807) is 20.8 Å². The second-order valence-corrected chi connectivity index (χ2v) is 5.76. The monoisotopic (exact) mass is 246 g/mol. The van der Waals surface area contributed by atoms with Crippen LogP contribution < -0.4 is 0 Å². The van der Waals surface area contributed by atoms with E-state index in [9.17, 15) is 9.90 Å². The number of aliphatic hydroxyl groups is 1. The second kappa shape index (κ2) is 4.55. The van der Waals surface area contributed by atoms with Crippen LogP contribution in [-0.4, -0.2) is 34.6 Å². The molecule has 0 aromatic rings. The standard InChI is InChI=1S/C12H22O5/c1-6-16-10(13)8-7(11(8,2)3)9(17-15)12(4,5)14/h7-9,14-15H,6H2,1-5H3. The van der Waals surface area contributed by atoms with Crippen molar-refractivity contribution in [1.29, 1.82) is 0 Å². The number of carbonyl (C=O) groups excluding carboxylic acids is 1. The Kier molecular flexibility index (Phi) is 3.86. The first kappa shape index (κ1) is 14.4. The van der Waals surface area contributed by atoms with Crippen LogP contribution in [0.5, 0.6) is 0 Å². The Hall–Kier alpha value is -0.650. The first-order valence-electron chi connectivity index (χ1n) is 5.87. The summed E-state index contributed by atoms with van der Waals surface area (Å²) >= 11 is 0. The lowest BCUT2D eigenvalue weighted by molar-refractivity contribution is -0.317. The molecule has 0 spiro atoms. The molecule has 1 saturated carbocycles. The van der Waals surface area contributed by atoms with Gasteiger partial charge in [0.25, 0.3) is 0 Å². The largest absolute Gasteiger partial charge is 0.466 e. The fourth-order valence-electron chi connectivity index (χ4n) is 2.56. The third-order valence-corrected chi connectivity index (χ3v) is 3.59.